The zero-order valence-corrected chi connectivity index (χ0v) is 33.1. The number of rotatable bonds is 4. The van der Waals surface area contributed by atoms with Gasteiger partial charge in [0.15, 0.2) is 0 Å². The molecule has 8 rings (SSSR count). The van der Waals surface area contributed by atoms with Gasteiger partial charge in [-0.05, 0) is 89.2 Å². The molecule has 15 heteroatoms. The van der Waals surface area contributed by atoms with Crippen molar-refractivity contribution < 1.29 is 41.8 Å². The van der Waals surface area contributed by atoms with E-state index in [0.29, 0.717) is 66.4 Å². The molecule has 1 aromatic heterocycles. The topological polar surface area (TPSA) is 183 Å². The maximum atomic E-state index is 14.7. The molecule has 2 aromatic rings. The van der Waals surface area contributed by atoms with E-state index >= 15 is 0 Å². The third-order valence-corrected chi connectivity index (χ3v) is 15.0. The molecule has 56 heavy (non-hydrogen) atoms. The number of hydrogen-bond donors (Lipinski definition) is 2. The van der Waals surface area contributed by atoms with Crippen molar-refractivity contribution in [3.05, 3.63) is 36.0 Å². The molecule has 0 spiro atoms. The standard InChI is InChI=1S/C41H53N5O9S/c1-40(17-18-40)56(51,52)45-39(50)41-23-27(41)13-9-5-3-4-7-12-26-20-35(47)55-34-19-25(34)11-8-6-10-14-31-37(43-32-21-28(53-2)15-16-30(32)42-31)54-29-22-33(36(48)44-41)46(24-29)38(26)49/h9,13,15-16,21,25-27,29,33-34H,3-8,10-12,14,17-20,22-24H2,1-2H3,(H,44,48)(H,45,50)/b13-9-/t25-,26-,27-,29-,33+,34-,41-/m1/s1. The van der Waals surface area contributed by atoms with Crippen LogP contribution in [0, 0.1) is 17.8 Å². The molecule has 4 fully saturated rings. The van der Waals surface area contributed by atoms with Gasteiger partial charge in [0.1, 0.15) is 35.2 Å². The second-order valence-corrected chi connectivity index (χ2v) is 19.3. The average molecular weight is 792 g/mol. The summed E-state index contributed by atoms with van der Waals surface area (Å²) in [5.41, 5.74) is 0.477. The molecular weight excluding hydrogens is 739 g/mol. The molecule has 3 aliphatic heterocycles. The highest BCUT2D eigenvalue weighted by atomic mass is 32.2. The van der Waals surface area contributed by atoms with Crippen molar-refractivity contribution in [1.29, 1.82) is 0 Å². The fraction of sp³-hybridized carbons (Fsp3) is 0.659. The Morgan fingerprint density at radius 2 is 1.80 bits per heavy atom. The first-order chi connectivity index (χ1) is 26.9. The van der Waals surface area contributed by atoms with Gasteiger partial charge in [-0.3, -0.25) is 23.9 Å². The number of benzene rings is 1. The summed E-state index contributed by atoms with van der Waals surface area (Å²) < 4.78 is 45.6. The van der Waals surface area contributed by atoms with E-state index in [9.17, 15) is 27.6 Å². The number of sulfonamides is 1. The third-order valence-electron chi connectivity index (χ3n) is 12.8. The zero-order valence-electron chi connectivity index (χ0n) is 32.3. The Morgan fingerprint density at radius 3 is 2.61 bits per heavy atom. The van der Waals surface area contributed by atoms with Crippen LogP contribution >= 0.6 is 0 Å². The van der Waals surface area contributed by atoms with Crippen LogP contribution in [0.5, 0.6) is 11.6 Å². The van der Waals surface area contributed by atoms with Crippen LogP contribution in [0.25, 0.3) is 11.0 Å². The van der Waals surface area contributed by atoms with Gasteiger partial charge in [-0.25, -0.2) is 18.4 Å². The van der Waals surface area contributed by atoms with Crippen molar-refractivity contribution >= 4 is 44.7 Å². The quantitative estimate of drug-likeness (QED) is 0.330. The number of aryl methyl sites for hydroxylation is 1. The number of ether oxygens (including phenoxy) is 3. The number of methoxy groups -OCH3 is 1. The van der Waals surface area contributed by atoms with Crippen molar-refractivity contribution in [3.63, 3.8) is 0 Å². The second-order valence-electron chi connectivity index (χ2n) is 17.1. The van der Waals surface area contributed by atoms with Crippen molar-refractivity contribution in [2.24, 2.45) is 17.8 Å². The van der Waals surface area contributed by atoms with E-state index in [1.165, 1.54) is 4.90 Å². The van der Waals surface area contributed by atoms with Gasteiger partial charge >= 0.3 is 5.97 Å². The van der Waals surface area contributed by atoms with Gasteiger partial charge in [0.2, 0.25) is 27.7 Å². The number of allylic oxidation sites excluding steroid dienone is 1. The van der Waals surface area contributed by atoms with E-state index in [4.69, 9.17) is 24.2 Å². The lowest BCUT2D eigenvalue weighted by atomic mass is 9.95. The summed E-state index contributed by atoms with van der Waals surface area (Å²) in [5, 5.41) is 2.94. The van der Waals surface area contributed by atoms with E-state index in [2.05, 4.69) is 10.0 Å². The fourth-order valence-electron chi connectivity index (χ4n) is 8.64. The van der Waals surface area contributed by atoms with Gasteiger partial charge in [-0.2, -0.15) is 0 Å². The fourth-order valence-corrected chi connectivity index (χ4v) is 9.95. The smallest absolute Gasteiger partial charge is 0.306 e. The molecule has 6 aliphatic rings. The van der Waals surface area contributed by atoms with Crippen molar-refractivity contribution in [1.82, 2.24) is 24.9 Å². The molecule has 302 valence electrons. The molecule has 0 unspecified atom stereocenters. The van der Waals surface area contributed by atoms with Crippen molar-refractivity contribution in [2.75, 3.05) is 13.7 Å². The molecule has 3 saturated carbocycles. The van der Waals surface area contributed by atoms with Gasteiger partial charge in [0, 0.05) is 24.3 Å². The predicted octanol–water partition coefficient (Wildman–Crippen LogP) is 4.43. The number of fused-ring (bicyclic) bond motifs is 6. The van der Waals surface area contributed by atoms with Crippen molar-refractivity contribution in [3.8, 4) is 11.6 Å². The number of nitrogens with zero attached hydrogens (tertiary/aromatic N) is 3. The number of amides is 3. The Balaban J connectivity index is 1.13. The number of carbonyl (C=O) groups excluding carboxylic acids is 4. The number of hydrogen-bond acceptors (Lipinski definition) is 11. The van der Waals surface area contributed by atoms with E-state index in [1.807, 2.05) is 24.3 Å². The Labute approximate surface area is 327 Å². The van der Waals surface area contributed by atoms with E-state index in [-0.39, 0.29) is 37.8 Å². The first kappa shape index (κ1) is 38.6. The third kappa shape index (κ3) is 7.97. The molecular formula is C41H53N5O9S. The molecule has 0 radical (unpaired) electrons. The minimum absolute atomic E-state index is 0.0414. The number of carbonyl (C=O) groups is 4. The zero-order chi connectivity index (χ0) is 39.2. The minimum Gasteiger partial charge on any atom is -0.497 e. The highest BCUT2D eigenvalue weighted by Crippen LogP contribution is 2.48. The second kappa shape index (κ2) is 15.2. The van der Waals surface area contributed by atoms with Crippen LogP contribution in [0.3, 0.4) is 0 Å². The van der Waals surface area contributed by atoms with Gasteiger partial charge in [0.25, 0.3) is 5.91 Å². The molecule has 3 amide bonds. The van der Waals surface area contributed by atoms with Crippen LogP contribution in [0.2, 0.25) is 0 Å². The first-order valence-corrected chi connectivity index (χ1v) is 21.9. The molecule has 14 nitrogen and oxygen atoms in total. The van der Waals surface area contributed by atoms with Gasteiger partial charge < -0.3 is 24.4 Å². The van der Waals surface area contributed by atoms with Gasteiger partial charge in [-0.1, -0.05) is 37.8 Å². The molecule has 1 aromatic carbocycles. The monoisotopic (exact) mass is 791 g/mol. The summed E-state index contributed by atoms with van der Waals surface area (Å²) in [6, 6.07) is 4.43. The number of nitrogens with one attached hydrogen (secondary N) is 2. The summed E-state index contributed by atoms with van der Waals surface area (Å²) in [7, 11) is -2.40. The average Bonchev–Trinajstić information content (AvgIpc) is 4.13. The molecule has 1 saturated heterocycles. The molecule has 2 N–H and O–H groups in total. The van der Waals surface area contributed by atoms with E-state index < -0.39 is 62.1 Å². The Kier molecular flexibility index (Phi) is 10.5. The summed E-state index contributed by atoms with van der Waals surface area (Å²) in [6.45, 7) is 1.64. The van der Waals surface area contributed by atoms with Crippen LogP contribution in [0.15, 0.2) is 30.4 Å². The van der Waals surface area contributed by atoms with E-state index in [0.717, 1.165) is 51.4 Å². The number of esters is 1. The minimum atomic E-state index is -3.98. The van der Waals surface area contributed by atoms with Crippen LogP contribution in [-0.4, -0.2) is 89.2 Å². The highest BCUT2D eigenvalue weighted by Gasteiger charge is 2.63. The Hall–Kier alpha value is -4.27. The first-order valence-electron chi connectivity index (χ1n) is 20.4. The summed E-state index contributed by atoms with van der Waals surface area (Å²) in [5.74, 6) is -1.97. The summed E-state index contributed by atoms with van der Waals surface area (Å²) >= 11 is 0. The maximum absolute atomic E-state index is 14.7. The molecule has 4 heterocycles. The van der Waals surface area contributed by atoms with E-state index in [1.54, 1.807) is 20.1 Å². The number of aromatic nitrogens is 2. The molecule has 3 bridgehead atoms. The Bertz CT molecular complexity index is 2040. The maximum Gasteiger partial charge on any atom is 0.306 e. The highest BCUT2D eigenvalue weighted by molar-refractivity contribution is 7.91. The van der Waals surface area contributed by atoms with Crippen LogP contribution in [0.1, 0.15) is 109 Å². The SMILES string of the molecule is COc1ccc2nc3c(nc2c1)O[C@@H]1C[C@H]2C(=O)N[C@]4(C(=O)NS(=O)(=O)C5(C)CC5)C[C@H]4/C=C\CCCCC[C@H](CC(=O)O[C@@H]4C[C@H]4CCCCC3)C(=O)N2C1. The lowest BCUT2D eigenvalue weighted by Crippen LogP contribution is -2.57. The summed E-state index contributed by atoms with van der Waals surface area (Å²) in [6.07, 6.45) is 12.9. The lowest BCUT2D eigenvalue weighted by molar-refractivity contribution is -0.151. The van der Waals surface area contributed by atoms with Crippen LogP contribution in [-0.2, 0) is 40.4 Å². The van der Waals surface area contributed by atoms with Crippen LogP contribution in [0.4, 0.5) is 0 Å². The van der Waals surface area contributed by atoms with Gasteiger partial charge in [-0.15, -0.1) is 0 Å². The summed E-state index contributed by atoms with van der Waals surface area (Å²) in [4.78, 5) is 67.8. The lowest BCUT2D eigenvalue weighted by Gasteiger charge is -2.29. The predicted molar refractivity (Wildman–Crippen MR) is 205 cm³/mol. The molecule has 7 atom stereocenters. The van der Waals surface area contributed by atoms with Gasteiger partial charge in [0.05, 0.1) is 35.9 Å². The van der Waals surface area contributed by atoms with Crippen LogP contribution < -0.4 is 19.5 Å². The van der Waals surface area contributed by atoms with Crippen molar-refractivity contribution in [2.45, 2.75) is 138 Å². The normalized spacial score (nSPS) is 32.7. The Morgan fingerprint density at radius 1 is 1.00 bits per heavy atom. The largest absolute Gasteiger partial charge is 0.497 e. The molecule has 3 aliphatic carbocycles.